The Morgan fingerprint density at radius 2 is 2.10 bits per heavy atom. The summed E-state index contributed by atoms with van der Waals surface area (Å²) in [5, 5.41) is 0. The Labute approximate surface area is 125 Å². The van der Waals surface area contributed by atoms with Gasteiger partial charge in [-0.15, -0.1) is 0 Å². The van der Waals surface area contributed by atoms with E-state index in [1.54, 1.807) is 0 Å². The molecule has 0 radical (unpaired) electrons. The average molecular weight is 295 g/mol. The van der Waals surface area contributed by atoms with Crippen LogP contribution in [0.15, 0.2) is 24.3 Å². The van der Waals surface area contributed by atoms with Crippen LogP contribution in [0.5, 0.6) is 5.75 Å². The predicted octanol–water partition coefficient (Wildman–Crippen LogP) is 2.09. The van der Waals surface area contributed by atoms with Crippen LogP contribution >= 0.6 is 12.2 Å². The predicted molar refractivity (Wildman–Crippen MR) is 82.2 cm³/mol. The van der Waals surface area contributed by atoms with Crippen molar-refractivity contribution >= 4 is 17.2 Å². The second-order valence-electron chi connectivity index (χ2n) is 4.85. The molecule has 0 saturated carbocycles. The molecule has 1 heterocycles. The van der Waals surface area contributed by atoms with Crippen molar-refractivity contribution in [3.05, 3.63) is 29.8 Å². The fourth-order valence-corrected chi connectivity index (χ4v) is 2.28. The van der Waals surface area contributed by atoms with E-state index in [0.717, 1.165) is 30.8 Å². The maximum absolute atomic E-state index is 5.60. The molecule has 1 aromatic carbocycles. The molecule has 1 unspecified atom stereocenters. The van der Waals surface area contributed by atoms with Crippen LogP contribution in [0.1, 0.15) is 18.4 Å². The van der Waals surface area contributed by atoms with Gasteiger partial charge < -0.3 is 19.9 Å². The lowest BCUT2D eigenvalue weighted by Crippen LogP contribution is -2.17. The highest BCUT2D eigenvalue weighted by molar-refractivity contribution is 7.80. The first-order valence-corrected chi connectivity index (χ1v) is 7.34. The fourth-order valence-electron chi connectivity index (χ4n) is 2.11. The first kappa shape index (κ1) is 15.2. The monoisotopic (exact) mass is 295 g/mol. The smallest absolute Gasteiger partial charge is 0.119 e. The summed E-state index contributed by atoms with van der Waals surface area (Å²) >= 11 is 4.87. The van der Waals surface area contributed by atoms with E-state index in [0.29, 0.717) is 31.2 Å². The van der Waals surface area contributed by atoms with Gasteiger partial charge in [0.25, 0.3) is 0 Å². The van der Waals surface area contributed by atoms with Gasteiger partial charge >= 0.3 is 0 Å². The molecule has 4 nitrogen and oxygen atoms in total. The van der Waals surface area contributed by atoms with Gasteiger partial charge in [0.2, 0.25) is 0 Å². The number of hydrogen-bond donors (Lipinski definition) is 1. The Morgan fingerprint density at radius 1 is 1.30 bits per heavy atom. The van der Waals surface area contributed by atoms with Gasteiger partial charge in [-0.2, -0.15) is 0 Å². The minimum Gasteiger partial charge on any atom is -0.491 e. The van der Waals surface area contributed by atoms with E-state index in [1.807, 2.05) is 24.3 Å². The normalized spacial score (nSPS) is 18.1. The molecule has 0 amide bonds. The van der Waals surface area contributed by atoms with Crippen LogP contribution in [0.4, 0.5) is 0 Å². The van der Waals surface area contributed by atoms with Crippen molar-refractivity contribution in [2.75, 3.05) is 26.4 Å². The van der Waals surface area contributed by atoms with Crippen molar-refractivity contribution in [2.24, 2.45) is 5.73 Å². The quantitative estimate of drug-likeness (QED) is 0.588. The summed E-state index contributed by atoms with van der Waals surface area (Å²) in [7, 11) is 0. The van der Waals surface area contributed by atoms with Crippen molar-refractivity contribution in [3.8, 4) is 5.75 Å². The molecular weight excluding hydrogens is 274 g/mol. The van der Waals surface area contributed by atoms with E-state index in [4.69, 9.17) is 32.2 Å². The lowest BCUT2D eigenvalue weighted by molar-refractivity contribution is 0.00853. The summed E-state index contributed by atoms with van der Waals surface area (Å²) in [6.45, 7) is 2.65. The summed E-state index contributed by atoms with van der Waals surface area (Å²) in [6.07, 6.45) is 3.14. The molecule has 20 heavy (non-hydrogen) atoms. The lowest BCUT2D eigenvalue weighted by atomic mass is 10.1. The number of ether oxygens (including phenoxy) is 3. The molecule has 0 aromatic heterocycles. The van der Waals surface area contributed by atoms with Crippen molar-refractivity contribution in [1.82, 2.24) is 0 Å². The highest BCUT2D eigenvalue weighted by Crippen LogP contribution is 2.13. The first-order chi connectivity index (χ1) is 9.74. The van der Waals surface area contributed by atoms with E-state index in [1.165, 1.54) is 0 Å². The minimum atomic E-state index is 0.273. The molecule has 110 valence electrons. The Bertz CT molecular complexity index is 416. The van der Waals surface area contributed by atoms with Crippen LogP contribution in [0.25, 0.3) is 0 Å². The molecule has 1 fully saturated rings. The molecule has 0 aliphatic carbocycles. The van der Waals surface area contributed by atoms with E-state index in [9.17, 15) is 0 Å². The highest BCUT2D eigenvalue weighted by atomic mass is 32.1. The molecule has 2 N–H and O–H groups in total. The lowest BCUT2D eigenvalue weighted by Gasteiger charge is -2.11. The number of nitrogens with two attached hydrogens (primary N) is 1. The number of thiocarbonyl (C=S) groups is 1. The van der Waals surface area contributed by atoms with E-state index in [-0.39, 0.29) is 6.10 Å². The Hall–Kier alpha value is -1.17. The van der Waals surface area contributed by atoms with E-state index < -0.39 is 0 Å². The van der Waals surface area contributed by atoms with Gasteiger partial charge in [0.1, 0.15) is 12.4 Å². The topological polar surface area (TPSA) is 53.7 Å². The van der Waals surface area contributed by atoms with Crippen molar-refractivity contribution < 1.29 is 14.2 Å². The Morgan fingerprint density at radius 3 is 2.75 bits per heavy atom. The largest absolute Gasteiger partial charge is 0.491 e. The van der Waals surface area contributed by atoms with E-state index >= 15 is 0 Å². The Balaban J connectivity index is 1.60. The van der Waals surface area contributed by atoms with Gasteiger partial charge in [-0.05, 0) is 30.5 Å². The number of hydrogen-bond acceptors (Lipinski definition) is 4. The van der Waals surface area contributed by atoms with Crippen molar-refractivity contribution in [2.45, 2.75) is 25.4 Å². The molecule has 1 aromatic rings. The van der Waals surface area contributed by atoms with Crippen LogP contribution in [-0.4, -0.2) is 37.5 Å². The summed E-state index contributed by atoms with van der Waals surface area (Å²) in [6, 6.07) is 7.80. The van der Waals surface area contributed by atoms with Gasteiger partial charge in [0.15, 0.2) is 0 Å². The van der Waals surface area contributed by atoms with Crippen molar-refractivity contribution in [3.63, 3.8) is 0 Å². The minimum absolute atomic E-state index is 0.273. The molecule has 0 bridgehead atoms. The van der Waals surface area contributed by atoms with Crippen LogP contribution in [0.2, 0.25) is 0 Å². The SMILES string of the molecule is NC(=S)Cc1ccc(OCCOCC2CCCO2)cc1. The van der Waals surface area contributed by atoms with Crippen LogP contribution in [-0.2, 0) is 15.9 Å². The van der Waals surface area contributed by atoms with Crippen LogP contribution < -0.4 is 10.5 Å². The standard InChI is InChI=1S/C15H21NO3S/c16-15(20)10-12-3-5-13(6-4-12)19-9-8-17-11-14-2-1-7-18-14/h3-6,14H,1-2,7-11H2,(H2,16,20). The Kier molecular flexibility index (Phi) is 6.24. The zero-order valence-corrected chi connectivity index (χ0v) is 12.4. The molecule has 5 heteroatoms. The second-order valence-corrected chi connectivity index (χ2v) is 5.37. The molecule has 1 atom stereocenters. The third-order valence-corrected chi connectivity index (χ3v) is 3.27. The maximum atomic E-state index is 5.60. The van der Waals surface area contributed by atoms with Gasteiger partial charge in [-0.3, -0.25) is 0 Å². The molecule has 1 aliphatic heterocycles. The molecule has 2 rings (SSSR count). The van der Waals surface area contributed by atoms with Gasteiger partial charge in [-0.25, -0.2) is 0 Å². The van der Waals surface area contributed by atoms with Crippen LogP contribution in [0, 0.1) is 0 Å². The summed E-state index contributed by atoms with van der Waals surface area (Å²) in [4.78, 5) is 0.501. The summed E-state index contributed by atoms with van der Waals surface area (Å²) in [5.74, 6) is 0.831. The van der Waals surface area contributed by atoms with Gasteiger partial charge in [-0.1, -0.05) is 24.4 Å². The molecule has 1 aliphatic rings. The zero-order chi connectivity index (χ0) is 14.2. The van der Waals surface area contributed by atoms with E-state index in [2.05, 4.69) is 0 Å². The van der Waals surface area contributed by atoms with Crippen molar-refractivity contribution in [1.29, 1.82) is 0 Å². The summed E-state index contributed by atoms with van der Waals surface area (Å²) in [5.41, 5.74) is 6.60. The van der Waals surface area contributed by atoms with Gasteiger partial charge in [0, 0.05) is 13.0 Å². The average Bonchev–Trinajstić information content (AvgIpc) is 2.93. The first-order valence-electron chi connectivity index (χ1n) is 6.93. The third-order valence-electron chi connectivity index (χ3n) is 3.13. The maximum Gasteiger partial charge on any atom is 0.119 e. The van der Waals surface area contributed by atoms with Crippen LogP contribution in [0.3, 0.4) is 0 Å². The zero-order valence-electron chi connectivity index (χ0n) is 11.5. The highest BCUT2D eigenvalue weighted by Gasteiger charge is 2.14. The number of rotatable bonds is 8. The molecule has 1 saturated heterocycles. The third kappa shape index (κ3) is 5.45. The summed E-state index contributed by atoms with van der Waals surface area (Å²) < 4.78 is 16.6. The van der Waals surface area contributed by atoms with Gasteiger partial charge in [0.05, 0.1) is 24.3 Å². The molecular formula is C15H21NO3S. The molecule has 0 spiro atoms. The number of benzene rings is 1. The fraction of sp³-hybridized carbons (Fsp3) is 0.533. The second kappa shape index (κ2) is 8.19.